The summed E-state index contributed by atoms with van der Waals surface area (Å²) in [6.07, 6.45) is 0. The van der Waals surface area contributed by atoms with Crippen LogP contribution in [0.3, 0.4) is 0 Å². The van der Waals surface area contributed by atoms with Gasteiger partial charge in [0.25, 0.3) is 0 Å². The number of hydrogen-bond donors (Lipinski definition) is 1. The molecule has 0 spiro atoms. The van der Waals surface area contributed by atoms with Gasteiger partial charge in [-0.15, -0.1) is 11.3 Å². The van der Waals surface area contributed by atoms with Crippen LogP contribution in [-0.2, 0) is 0 Å². The van der Waals surface area contributed by atoms with Crippen molar-refractivity contribution in [2.24, 2.45) is 0 Å². The molecule has 4 nitrogen and oxygen atoms in total. The second-order valence-electron chi connectivity index (χ2n) is 4.51. The molecular weight excluding hydrogens is 294 g/mol. The molecule has 0 amide bonds. The number of aliphatic hydroxyl groups excluding tert-OH is 1. The summed E-state index contributed by atoms with van der Waals surface area (Å²) in [4.78, 5) is 4.56. The number of allylic oxidation sites excluding steroid dienone is 1. The molecule has 0 unspecified atom stereocenters. The number of thiazole rings is 1. The van der Waals surface area contributed by atoms with E-state index in [4.69, 9.17) is 10.5 Å². The van der Waals surface area contributed by atoms with Gasteiger partial charge in [-0.05, 0) is 18.2 Å². The Morgan fingerprint density at radius 3 is 2.45 bits per heavy atom. The van der Waals surface area contributed by atoms with Gasteiger partial charge in [-0.2, -0.15) is 10.5 Å². The minimum Gasteiger partial charge on any atom is -0.505 e. The van der Waals surface area contributed by atoms with E-state index >= 15 is 0 Å². The maximum Gasteiger partial charge on any atom is 0.171 e. The maximum absolute atomic E-state index is 9.97. The summed E-state index contributed by atoms with van der Waals surface area (Å²) in [7, 11) is 0. The SMILES string of the molecule is N#CC(C#N)=C(O)c1ccc2sc(-c3ccccc3)nc2c1. The van der Waals surface area contributed by atoms with Gasteiger partial charge in [-0.3, -0.25) is 0 Å². The topological polar surface area (TPSA) is 80.7 Å². The second-order valence-corrected chi connectivity index (χ2v) is 5.55. The van der Waals surface area contributed by atoms with E-state index in [9.17, 15) is 5.11 Å². The summed E-state index contributed by atoms with van der Waals surface area (Å²) in [6.45, 7) is 0. The lowest BCUT2D eigenvalue weighted by molar-refractivity contribution is 0.510. The first kappa shape index (κ1) is 13.8. The molecule has 1 aromatic heterocycles. The molecule has 5 heteroatoms. The number of aliphatic hydroxyl groups is 1. The summed E-state index contributed by atoms with van der Waals surface area (Å²) in [5, 5.41) is 28.5. The molecule has 0 bridgehead atoms. The van der Waals surface area contributed by atoms with Crippen molar-refractivity contribution in [3.8, 4) is 22.7 Å². The lowest BCUT2D eigenvalue weighted by atomic mass is 10.1. The van der Waals surface area contributed by atoms with Crippen LogP contribution in [0.5, 0.6) is 0 Å². The van der Waals surface area contributed by atoms with E-state index in [0.717, 1.165) is 20.8 Å². The highest BCUT2D eigenvalue weighted by Crippen LogP contribution is 2.31. The van der Waals surface area contributed by atoms with Gasteiger partial charge in [0.05, 0.1) is 10.2 Å². The van der Waals surface area contributed by atoms with Crippen molar-refractivity contribution in [1.29, 1.82) is 10.5 Å². The number of benzene rings is 2. The van der Waals surface area contributed by atoms with Crippen LogP contribution in [0.25, 0.3) is 26.5 Å². The molecular formula is C17H9N3OS. The van der Waals surface area contributed by atoms with Crippen LogP contribution in [0.1, 0.15) is 5.56 Å². The van der Waals surface area contributed by atoms with Crippen LogP contribution in [-0.4, -0.2) is 10.1 Å². The second kappa shape index (κ2) is 5.69. The highest BCUT2D eigenvalue weighted by molar-refractivity contribution is 7.21. The Kier molecular flexibility index (Phi) is 3.57. The highest BCUT2D eigenvalue weighted by atomic mass is 32.1. The fourth-order valence-electron chi connectivity index (χ4n) is 2.05. The average molecular weight is 303 g/mol. The van der Waals surface area contributed by atoms with Crippen molar-refractivity contribution < 1.29 is 5.11 Å². The lowest BCUT2D eigenvalue weighted by Gasteiger charge is -1.99. The third-order valence-corrected chi connectivity index (χ3v) is 4.23. The summed E-state index contributed by atoms with van der Waals surface area (Å²) < 4.78 is 0.978. The molecule has 0 saturated heterocycles. The zero-order chi connectivity index (χ0) is 15.5. The number of rotatable bonds is 2. The Hall–Kier alpha value is -3.15. The van der Waals surface area contributed by atoms with Crippen molar-refractivity contribution in [2.75, 3.05) is 0 Å². The molecule has 0 aliphatic rings. The number of hydrogen-bond acceptors (Lipinski definition) is 5. The van der Waals surface area contributed by atoms with Crippen molar-refractivity contribution >= 4 is 27.3 Å². The van der Waals surface area contributed by atoms with Crippen molar-refractivity contribution in [2.45, 2.75) is 0 Å². The first-order chi connectivity index (χ1) is 10.7. The van der Waals surface area contributed by atoms with Crippen LogP contribution < -0.4 is 0 Å². The summed E-state index contributed by atoms with van der Waals surface area (Å²) in [6, 6.07) is 18.4. The Morgan fingerprint density at radius 2 is 1.77 bits per heavy atom. The number of nitriles is 2. The number of aromatic nitrogens is 1. The zero-order valence-electron chi connectivity index (χ0n) is 11.3. The van der Waals surface area contributed by atoms with Gasteiger partial charge in [-0.1, -0.05) is 30.3 Å². The van der Waals surface area contributed by atoms with E-state index in [1.165, 1.54) is 0 Å². The highest BCUT2D eigenvalue weighted by Gasteiger charge is 2.11. The van der Waals surface area contributed by atoms with Crippen molar-refractivity contribution in [3.63, 3.8) is 0 Å². The zero-order valence-corrected chi connectivity index (χ0v) is 12.1. The molecule has 0 atom stereocenters. The van der Waals surface area contributed by atoms with E-state index < -0.39 is 0 Å². The van der Waals surface area contributed by atoms with Crippen molar-refractivity contribution in [1.82, 2.24) is 4.98 Å². The third-order valence-electron chi connectivity index (χ3n) is 3.14. The van der Waals surface area contributed by atoms with Gasteiger partial charge >= 0.3 is 0 Å². The number of nitrogens with zero attached hydrogens (tertiary/aromatic N) is 3. The standard InChI is InChI=1S/C17H9N3OS/c18-9-13(10-19)16(21)12-6-7-15-14(8-12)20-17(22-15)11-4-2-1-3-5-11/h1-8,21H. The molecule has 0 aliphatic carbocycles. The largest absolute Gasteiger partial charge is 0.505 e. The molecule has 22 heavy (non-hydrogen) atoms. The minimum atomic E-state index is -0.318. The predicted molar refractivity (Wildman–Crippen MR) is 85.8 cm³/mol. The van der Waals surface area contributed by atoms with Crippen LogP contribution in [0, 0.1) is 22.7 Å². The van der Waals surface area contributed by atoms with Crippen LogP contribution >= 0.6 is 11.3 Å². The monoisotopic (exact) mass is 303 g/mol. The van der Waals surface area contributed by atoms with Crippen molar-refractivity contribution in [3.05, 3.63) is 59.7 Å². The van der Waals surface area contributed by atoms with Gasteiger partial charge < -0.3 is 5.11 Å². The lowest BCUT2D eigenvalue weighted by Crippen LogP contribution is -1.87. The first-order valence-electron chi connectivity index (χ1n) is 6.42. The van der Waals surface area contributed by atoms with E-state index in [-0.39, 0.29) is 11.3 Å². The van der Waals surface area contributed by atoms with Gasteiger partial charge in [0, 0.05) is 11.1 Å². The Morgan fingerprint density at radius 1 is 1.05 bits per heavy atom. The van der Waals surface area contributed by atoms with E-state index in [1.54, 1.807) is 35.6 Å². The van der Waals surface area contributed by atoms with Gasteiger partial charge in [0.2, 0.25) is 0 Å². The van der Waals surface area contributed by atoms with Crippen LogP contribution in [0.15, 0.2) is 54.1 Å². The number of fused-ring (bicyclic) bond motifs is 1. The maximum atomic E-state index is 9.97. The first-order valence-corrected chi connectivity index (χ1v) is 7.24. The molecule has 0 radical (unpaired) electrons. The molecule has 3 aromatic rings. The predicted octanol–water partition coefficient (Wildman–Crippen LogP) is 4.28. The van der Waals surface area contributed by atoms with E-state index in [0.29, 0.717) is 5.56 Å². The molecule has 0 saturated carbocycles. The third kappa shape index (κ3) is 2.42. The Labute approximate surface area is 130 Å². The Balaban J connectivity index is 2.11. The molecule has 104 valence electrons. The molecule has 1 N–H and O–H groups in total. The molecule has 1 heterocycles. The Bertz CT molecular complexity index is 943. The molecule has 2 aromatic carbocycles. The minimum absolute atomic E-state index is 0.308. The summed E-state index contributed by atoms with van der Waals surface area (Å²) in [5.74, 6) is -0.318. The normalized spacial score (nSPS) is 9.91. The van der Waals surface area contributed by atoms with E-state index in [2.05, 4.69) is 4.98 Å². The molecule has 0 aliphatic heterocycles. The summed E-state index contributed by atoms with van der Waals surface area (Å²) in [5.41, 5.74) is 1.86. The molecule has 3 rings (SSSR count). The fourth-order valence-corrected chi connectivity index (χ4v) is 3.01. The van der Waals surface area contributed by atoms with Gasteiger partial charge in [0.1, 0.15) is 17.1 Å². The quantitative estimate of drug-likeness (QED) is 0.566. The van der Waals surface area contributed by atoms with Crippen LogP contribution in [0.4, 0.5) is 0 Å². The van der Waals surface area contributed by atoms with Gasteiger partial charge in [0.15, 0.2) is 11.3 Å². The van der Waals surface area contributed by atoms with Gasteiger partial charge in [-0.25, -0.2) is 4.98 Å². The average Bonchev–Trinajstić information content (AvgIpc) is 2.99. The van der Waals surface area contributed by atoms with E-state index in [1.807, 2.05) is 36.4 Å². The molecule has 0 fully saturated rings. The smallest absolute Gasteiger partial charge is 0.171 e. The van der Waals surface area contributed by atoms with Crippen LogP contribution in [0.2, 0.25) is 0 Å². The fraction of sp³-hybridized carbons (Fsp3) is 0. The summed E-state index contributed by atoms with van der Waals surface area (Å²) >= 11 is 1.55.